The Morgan fingerprint density at radius 1 is 1.19 bits per heavy atom. The summed E-state index contributed by atoms with van der Waals surface area (Å²) < 4.78 is 29.0. The first-order valence-corrected chi connectivity index (χ1v) is 9.80. The van der Waals surface area contributed by atoms with Crippen molar-refractivity contribution in [3.63, 3.8) is 0 Å². The highest BCUT2D eigenvalue weighted by Gasteiger charge is 2.36. The van der Waals surface area contributed by atoms with Gasteiger partial charge in [0.2, 0.25) is 0 Å². The fourth-order valence-corrected chi connectivity index (χ4v) is 5.03. The predicted octanol–water partition coefficient (Wildman–Crippen LogP) is 0.493. The van der Waals surface area contributed by atoms with Crippen LogP contribution < -0.4 is 16.1 Å². The first kappa shape index (κ1) is 18.4. The van der Waals surface area contributed by atoms with Gasteiger partial charge in [-0.1, -0.05) is 25.1 Å². The molecular weight excluding hydrogens is 356 g/mol. The number of aromatic amines is 1. The van der Waals surface area contributed by atoms with Crippen molar-refractivity contribution in [2.24, 2.45) is 7.05 Å². The van der Waals surface area contributed by atoms with E-state index in [1.165, 1.54) is 11.4 Å². The summed E-state index contributed by atoms with van der Waals surface area (Å²) in [5.41, 5.74) is 0.296. The zero-order valence-corrected chi connectivity index (χ0v) is 15.8. The van der Waals surface area contributed by atoms with Crippen molar-refractivity contribution in [3.05, 3.63) is 56.9 Å². The maximum atomic E-state index is 13.3. The number of likely N-dealkylation sites (N-methyl/N-ethyl adjacent to an activating group) is 1. The number of nitrogens with zero attached hydrogens (tertiary/aromatic N) is 3. The van der Waals surface area contributed by atoms with Crippen LogP contribution in [0.5, 0.6) is 0 Å². The van der Waals surface area contributed by atoms with Crippen LogP contribution in [0.25, 0.3) is 0 Å². The van der Waals surface area contributed by atoms with Crippen molar-refractivity contribution in [1.29, 1.82) is 0 Å². The topological polar surface area (TPSA) is 95.5 Å². The fraction of sp³-hybridized carbons (Fsp3) is 0.412. The van der Waals surface area contributed by atoms with Gasteiger partial charge in [-0.25, -0.2) is 13.2 Å². The Bertz CT molecular complexity index is 1040. The second kappa shape index (κ2) is 6.73. The minimum atomic E-state index is -4.08. The van der Waals surface area contributed by atoms with Crippen LogP contribution in [0.3, 0.4) is 0 Å². The SMILES string of the molecule is CCC1CN(C)c2ccccc2CN1S(=O)(=O)c1cn(C)c(=O)[nH]c1=O. The summed E-state index contributed by atoms with van der Waals surface area (Å²) in [5, 5.41) is 0. The number of hydrogen-bond donors (Lipinski definition) is 1. The molecule has 2 aromatic rings. The molecule has 0 spiro atoms. The van der Waals surface area contributed by atoms with Crippen molar-refractivity contribution in [2.75, 3.05) is 18.5 Å². The van der Waals surface area contributed by atoms with Crippen molar-refractivity contribution < 1.29 is 8.42 Å². The first-order valence-electron chi connectivity index (χ1n) is 8.36. The van der Waals surface area contributed by atoms with Crippen LogP contribution in [0.4, 0.5) is 5.69 Å². The normalized spacial score (nSPS) is 18.4. The number of hydrogen-bond acceptors (Lipinski definition) is 5. The zero-order chi connectivity index (χ0) is 19.1. The van der Waals surface area contributed by atoms with E-state index in [1.807, 2.05) is 43.1 Å². The average molecular weight is 378 g/mol. The summed E-state index contributed by atoms with van der Waals surface area (Å²) in [6.45, 7) is 2.60. The largest absolute Gasteiger partial charge is 0.373 e. The van der Waals surface area contributed by atoms with Crippen LogP contribution in [0, 0.1) is 0 Å². The van der Waals surface area contributed by atoms with Crippen molar-refractivity contribution >= 4 is 15.7 Å². The molecule has 26 heavy (non-hydrogen) atoms. The summed E-state index contributed by atoms with van der Waals surface area (Å²) in [6.07, 6.45) is 1.69. The Kier molecular flexibility index (Phi) is 4.76. The van der Waals surface area contributed by atoms with Crippen LogP contribution in [0.1, 0.15) is 18.9 Å². The molecule has 1 aliphatic heterocycles. The van der Waals surface area contributed by atoms with E-state index < -0.39 is 26.2 Å². The highest BCUT2D eigenvalue weighted by Crippen LogP contribution is 2.30. The molecule has 9 heteroatoms. The van der Waals surface area contributed by atoms with E-state index in [2.05, 4.69) is 4.98 Å². The number of para-hydroxylation sites is 1. The molecule has 2 heterocycles. The Morgan fingerprint density at radius 3 is 2.58 bits per heavy atom. The molecule has 140 valence electrons. The van der Waals surface area contributed by atoms with Gasteiger partial charge in [0.1, 0.15) is 0 Å². The third kappa shape index (κ3) is 3.08. The van der Waals surface area contributed by atoms with E-state index in [0.29, 0.717) is 13.0 Å². The number of sulfonamides is 1. The molecule has 1 aliphatic rings. The lowest BCUT2D eigenvalue weighted by atomic mass is 10.1. The van der Waals surface area contributed by atoms with Crippen LogP contribution >= 0.6 is 0 Å². The number of anilines is 1. The number of H-pyrrole nitrogens is 1. The van der Waals surface area contributed by atoms with Gasteiger partial charge in [-0.05, 0) is 18.1 Å². The molecule has 0 fully saturated rings. The number of rotatable bonds is 3. The lowest BCUT2D eigenvalue weighted by Gasteiger charge is -2.29. The Morgan fingerprint density at radius 2 is 1.88 bits per heavy atom. The highest BCUT2D eigenvalue weighted by molar-refractivity contribution is 7.89. The van der Waals surface area contributed by atoms with Gasteiger partial charge in [-0.15, -0.1) is 0 Å². The Hall–Kier alpha value is -2.39. The lowest BCUT2D eigenvalue weighted by Crippen LogP contribution is -2.45. The van der Waals surface area contributed by atoms with Gasteiger partial charge in [-0.2, -0.15) is 4.31 Å². The number of nitrogens with one attached hydrogen (secondary N) is 1. The van der Waals surface area contributed by atoms with Gasteiger partial charge in [0, 0.05) is 45.1 Å². The maximum absolute atomic E-state index is 13.3. The molecule has 1 aromatic heterocycles. The second-order valence-corrected chi connectivity index (χ2v) is 8.34. The Balaban J connectivity index is 2.15. The second-order valence-electron chi connectivity index (χ2n) is 6.49. The standard InChI is InChI=1S/C17H22N4O4S/c1-4-13-10-19(2)14-8-6-5-7-12(14)9-21(13)26(24,25)15-11-20(3)17(23)18-16(15)22/h5-8,11,13H,4,9-10H2,1-3H3,(H,18,22,23). The van der Waals surface area contributed by atoms with Gasteiger partial charge in [0.05, 0.1) is 0 Å². The van der Waals surface area contributed by atoms with Crippen molar-refractivity contribution in [2.45, 2.75) is 30.8 Å². The van der Waals surface area contributed by atoms with Gasteiger partial charge in [0.25, 0.3) is 15.6 Å². The molecule has 1 aromatic carbocycles. The van der Waals surface area contributed by atoms with E-state index in [1.54, 1.807) is 0 Å². The minimum Gasteiger partial charge on any atom is -0.373 e. The molecule has 1 N–H and O–H groups in total. The number of aryl methyl sites for hydroxylation is 1. The van der Waals surface area contributed by atoms with Gasteiger partial charge < -0.3 is 9.47 Å². The molecule has 0 aliphatic carbocycles. The van der Waals surface area contributed by atoms with Gasteiger partial charge >= 0.3 is 5.69 Å². The molecule has 8 nitrogen and oxygen atoms in total. The number of fused-ring (bicyclic) bond motifs is 1. The molecule has 3 rings (SSSR count). The highest BCUT2D eigenvalue weighted by atomic mass is 32.2. The summed E-state index contributed by atoms with van der Waals surface area (Å²) in [7, 11) is -0.749. The molecular formula is C17H22N4O4S. The number of benzene rings is 1. The molecule has 0 bridgehead atoms. The Labute approximate surface area is 151 Å². The summed E-state index contributed by atoms with van der Waals surface area (Å²) in [4.78, 5) is 27.4. The molecule has 1 atom stereocenters. The summed E-state index contributed by atoms with van der Waals surface area (Å²) in [5.74, 6) is 0. The smallest absolute Gasteiger partial charge is 0.328 e. The fourth-order valence-electron chi connectivity index (χ4n) is 3.28. The summed E-state index contributed by atoms with van der Waals surface area (Å²) in [6, 6.07) is 7.32. The summed E-state index contributed by atoms with van der Waals surface area (Å²) >= 11 is 0. The van der Waals surface area contributed by atoms with Crippen LogP contribution in [-0.2, 0) is 23.6 Å². The van der Waals surface area contributed by atoms with E-state index in [0.717, 1.165) is 22.0 Å². The van der Waals surface area contributed by atoms with Gasteiger partial charge in [-0.3, -0.25) is 9.78 Å². The maximum Gasteiger partial charge on any atom is 0.328 e. The van der Waals surface area contributed by atoms with Crippen LogP contribution in [-0.4, -0.2) is 41.9 Å². The van der Waals surface area contributed by atoms with E-state index in [4.69, 9.17) is 0 Å². The molecule has 0 saturated carbocycles. The zero-order valence-electron chi connectivity index (χ0n) is 15.0. The minimum absolute atomic E-state index is 0.170. The predicted molar refractivity (Wildman–Crippen MR) is 98.8 cm³/mol. The van der Waals surface area contributed by atoms with Gasteiger partial charge in [0.15, 0.2) is 4.90 Å². The third-order valence-electron chi connectivity index (χ3n) is 4.75. The van der Waals surface area contributed by atoms with Crippen LogP contribution in [0.15, 0.2) is 44.9 Å². The molecule has 0 saturated heterocycles. The van der Waals surface area contributed by atoms with Crippen molar-refractivity contribution in [1.82, 2.24) is 13.9 Å². The van der Waals surface area contributed by atoms with Crippen molar-refractivity contribution in [3.8, 4) is 0 Å². The number of aromatic nitrogens is 2. The van der Waals surface area contributed by atoms with E-state index in [-0.39, 0.29) is 12.6 Å². The average Bonchev–Trinajstić information content (AvgIpc) is 2.75. The molecule has 1 unspecified atom stereocenters. The van der Waals surface area contributed by atoms with E-state index >= 15 is 0 Å². The van der Waals surface area contributed by atoms with E-state index in [9.17, 15) is 18.0 Å². The third-order valence-corrected chi connectivity index (χ3v) is 6.65. The first-order chi connectivity index (χ1) is 12.3. The molecule has 0 radical (unpaired) electrons. The monoisotopic (exact) mass is 378 g/mol. The molecule has 0 amide bonds. The van der Waals surface area contributed by atoms with Crippen LogP contribution in [0.2, 0.25) is 0 Å². The quantitative estimate of drug-likeness (QED) is 0.839. The lowest BCUT2D eigenvalue weighted by molar-refractivity contribution is 0.314.